The van der Waals surface area contributed by atoms with Crippen LogP contribution in [-0.2, 0) is 9.59 Å². The number of amides is 2. The molecule has 0 heterocycles. The highest BCUT2D eigenvalue weighted by Gasteiger charge is 2.19. The summed E-state index contributed by atoms with van der Waals surface area (Å²) in [6, 6.07) is 7.74. The van der Waals surface area contributed by atoms with Gasteiger partial charge >= 0.3 is 0 Å². The maximum atomic E-state index is 12.2. The van der Waals surface area contributed by atoms with E-state index in [4.69, 9.17) is 4.74 Å². The van der Waals surface area contributed by atoms with Gasteiger partial charge in [-0.15, -0.1) is 0 Å². The van der Waals surface area contributed by atoms with Gasteiger partial charge in [0.2, 0.25) is 11.8 Å². The monoisotopic (exact) mass is 332 g/mol. The smallest absolute Gasteiger partial charge is 0.223 e. The fourth-order valence-corrected chi connectivity index (χ4v) is 3.17. The van der Waals surface area contributed by atoms with Crippen molar-refractivity contribution in [1.82, 2.24) is 5.32 Å². The number of carbonyl (C=O) groups excluding carboxylic acids is 2. The maximum absolute atomic E-state index is 12.2. The van der Waals surface area contributed by atoms with Gasteiger partial charge in [-0.1, -0.05) is 31.4 Å². The van der Waals surface area contributed by atoms with E-state index in [0.29, 0.717) is 31.4 Å². The lowest BCUT2D eigenvalue weighted by molar-refractivity contribution is -0.121. The van der Waals surface area contributed by atoms with Gasteiger partial charge in [-0.2, -0.15) is 0 Å². The molecule has 5 nitrogen and oxygen atoms in total. The lowest BCUT2D eigenvalue weighted by atomic mass is 9.95. The van der Waals surface area contributed by atoms with Crippen LogP contribution in [0.3, 0.4) is 0 Å². The Morgan fingerprint density at radius 2 is 1.92 bits per heavy atom. The maximum Gasteiger partial charge on any atom is 0.223 e. The summed E-state index contributed by atoms with van der Waals surface area (Å²) in [5.41, 5.74) is 0.720. The molecule has 0 aliphatic heterocycles. The predicted octanol–water partition coefficient (Wildman–Crippen LogP) is 3.28. The fraction of sp³-hybridized carbons (Fsp3) is 0.579. The summed E-state index contributed by atoms with van der Waals surface area (Å²) in [6.07, 6.45) is 6.07. The van der Waals surface area contributed by atoms with E-state index in [1.165, 1.54) is 26.2 Å². The molecule has 0 bridgehead atoms. The summed E-state index contributed by atoms with van der Waals surface area (Å²) in [7, 11) is 0. The molecular formula is C19H28N2O3. The van der Waals surface area contributed by atoms with Crippen LogP contribution in [0.5, 0.6) is 5.75 Å². The standard InChI is InChI=1S/C19H28N2O3/c1-3-24-18-12-8-7-11-17(18)21(15(2)22)14-13-19(23)20-16-9-5-4-6-10-16/h7-8,11-12,16H,3-6,9-10,13-14H2,1-2H3,(H,20,23). The second-order valence-corrected chi connectivity index (χ2v) is 6.22. The van der Waals surface area contributed by atoms with Gasteiger partial charge in [-0.25, -0.2) is 0 Å². The summed E-state index contributed by atoms with van der Waals surface area (Å²) < 4.78 is 5.60. The average molecular weight is 332 g/mol. The minimum Gasteiger partial charge on any atom is -0.492 e. The third-order valence-electron chi connectivity index (χ3n) is 4.37. The Balaban J connectivity index is 1.96. The first-order valence-electron chi connectivity index (χ1n) is 8.91. The molecule has 0 atom stereocenters. The number of carbonyl (C=O) groups is 2. The largest absolute Gasteiger partial charge is 0.492 e. The summed E-state index contributed by atoms with van der Waals surface area (Å²) in [4.78, 5) is 25.9. The zero-order valence-corrected chi connectivity index (χ0v) is 14.7. The van der Waals surface area contributed by atoms with Gasteiger partial charge in [0.25, 0.3) is 0 Å². The van der Waals surface area contributed by atoms with Crippen molar-refractivity contribution in [1.29, 1.82) is 0 Å². The van der Waals surface area contributed by atoms with Crippen molar-refractivity contribution in [3.8, 4) is 5.75 Å². The van der Waals surface area contributed by atoms with Crippen molar-refractivity contribution in [3.63, 3.8) is 0 Å². The molecule has 1 aliphatic carbocycles. The first-order valence-corrected chi connectivity index (χ1v) is 8.91. The molecule has 1 fully saturated rings. The molecule has 1 saturated carbocycles. The van der Waals surface area contributed by atoms with Crippen LogP contribution in [0.4, 0.5) is 5.69 Å². The Kier molecular flexibility index (Phi) is 7.09. The highest BCUT2D eigenvalue weighted by atomic mass is 16.5. The number of nitrogens with one attached hydrogen (secondary N) is 1. The molecule has 5 heteroatoms. The van der Waals surface area contributed by atoms with Gasteiger partial charge < -0.3 is 15.0 Å². The van der Waals surface area contributed by atoms with E-state index >= 15 is 0 Å². The van der Waals surface area contributed by atoms with Crippen molar-refractivity contribution < 1.29 is 14.3 Å². The highest BCUT2D eigenvalue weighted by molar-refractivity contribution is 5.93. The molecule has 24 heavy (non-hydrogen) atoms. The Morgan fingerprint density at radius 3 is 2.58 bits per heavy atom. The number of rotatable bonds is 7. The Hall–Kier alpha value is -2.04. The SMILES string of the molecule is CCOc1ccccc1N(CCC(=O)NC1CCCCC1)C(C)=O. The number of para-hydroxylation sites is 2. The molecular weight excluding hydrogens is 304 g/mol. The number of anilines is 1. The first-order chi connectivity index (χ1) is 11.6. The van der Waals surface area contributed by atoms with E-state index in [1.807, 2.05) is 31.2 Å². The van der Waals surface area contributed by atoms with Crippen LogP contribution >= 0.6 is 0 Å². The van der Waals surface area contributed by atoms with Gasteiger partial charge in [-0.05, 0) is 31.9 Å². The minimum atomic E-state index is -0.0902. The van der Waals surface area contributed by atoms with Crippen molar-refractivity contribution in [2.24, 2.45) is 0 Å². The molecule has 1 N–H and O–H groups in total. The second-order valence-electron chi connectivity index (χ2n) is 6.22. The van der Waals surface area contributed by atoms with Gasteiger partial charge in [0.1, 0.15) is 5.75 Å². The summed E-state index contributed by atoms with van der Waals surface area (Å²) in [5.74, 6) is 0.595. The molecule has 0 saturated heterocycles. The Labute approximate surface area is 144 Å². The summed E-state index contributed by atoms with van der Waals surface area (Å²) in [5, 5.41) is 3.10. The molecule has 1 aromatic rings. The summed E-state index contributed by atoms with van der Waals surface area (Å²) >= 11 is 0. The normalized spacial score (nSPS) is 14.9. The lowest BCUT2D eigenvalue weighted by Crippen LogP contribution is -2.39. The third-order valence-corrected chi connectivity index (χ3v) is 4.37. The zero-order chi connectivity index (χ0) is 17.4. The quantitative estimate of drug-likeness (QED) is 0.833. The molecule has 0 radical (unpaired) electrons. The molecule has 0 unspecified atom stereocenters. The van der Waals surface area contributed by atoms with Crippen LogP contribution in [0.15, 0.2) is 24.3 Å². The number of benzene rings is 1. The first kappa shape index (κ1) is 18.3. The van der Waals surface area contributed by atoms with E-state index in [2.05, 4.69) is 5.32 Å². The van der Waals surface area contributed by atoms with Crippen molar-refractivity contribution >= 4 is 17.5 Å². The van der Waals surface area contributed by atoms with Crippen molar-refractivity contribution in [2.75, 3.05) is 18.1 Å². The Morgan fingerprint density at radius 1 is 1.21 bits per heavy atom. The topological polar surface area (TPSA) is 58.6 Å². The number of hydrogen-bond donors (Lipinski definition) is 1. The molecule has 0 spiro atoms. The highest BCUT2D eigenvalue weighted by Crippen LogP contribution is 2.28. The average Bonchev–Trinajstić information content (AvgIpc) is 2.57. The van der Waals surface area contributed by atoms with Crippen LogP contribution in [0, 0.1) is 0 Å². The molecule has 132 valence electrons. The molecule has 0 aromatic heterocycles. The summed E-state index contributed by atoms with van der Waals surface area (Å²) in [6.45, 7) is 4.32. The third kappa shape index (κ3) is 5.25. The van der Waals surface area contributed by atoms with E-state index in [9.17, 15) is 9.59 Å². The van der Waals surface area contributed by atoms with Gasteiger partial charge in [0.05, 0.1) is 12.3 Å². The van der Waals surface area contributed by atoms with E-state index in [0.717, 1.165) is 18.5 Å². The predicted molar refractivity (Wildman–Crippen MR) is 95.3 cm³/mol. The lowest BCUT2D eigenvalue weighted by Gasteiger charge is -2.25. The molecule has 2 rings (SSSR count). The number of nitrogens with zero attached hydrogens (tertiary/aromatic N) is 1. The number of ether oxygens (including phenoxy) is 1. The molecule has 1 aliphatic rings. The van der Waals surface area contributed by atoms with Gasteiger partial charge in [0, 0.05) is 25.9 Å². The van der Waals surface area contributed by atoms with E-state index in [1.54, 1.807) is 4.90 Å². The van der Waals surface area contributed by atoms with E-state index < -0.39 is 0 Å². The number of hydrogen-bond acceptors (Lipinski definition) is 3. The molecule has 1 aromatic carbocycles. The Bertz CT molecular complexity index is 553. The molecule has 2 amide bonds. The fourth-order valence-electron chi connectivity index (χ4n) is 3.17. The van der Waals surface area contributed by atoms with E-state index in [-0.39, 0.29) is 11.8 Å². The van der Waals surface area contributed by atoms with Gasteiger partial charge in [0.15, 0.2) is 0 Å². The van der Waals surface area contributed by atoms with Crippen LogP contribution in [0.2, 0.25) is 0 Å². The minimum absolute atomic E-state index is 0.0158. The van der Waals surface area contributed by atoms with Crippen LogP contribution in [-0.4, -0.2) is 31.0 Å². The van der Waals surface area contributed by atoms with Crippen molar-refractivity contribution in [3.05, 3.63) is 24.3 Å². The van der Waals surface area contributed by atoms with Crippen LogP contribution in [0.25, 0.3) is 0 Å². The second kappa shape index (κ2) is 9.30. The van der Waals surface area contributed by atoms with Gasteiger partial charge in [-0.3, -0.25) is 9.59 Å². The van der Waals surface area contributed by atoms with Crippen LogP contribution in [0.1, 0.15) is 52.4 Å². The van der Waals surface area contributed by atoms with Crippen LogP contribution < -0.4 is 15.0 Å². The van der Waals surface area contributed by atoms with Crippen molar-refractivity contribution in [2.45, 2.75) is 58.4 Å². The zero-order valence-electron chi connectivity index (χ0n) is 14.7.